The van der Waals surface area contributed by atoms with Gasteiger partial charge < -0.3 is 15.2 Å². The summed E-state index contributed by atoms with van der Waals surface area (Å²) in [6, 6.07) is 27.2. The number of carbonyl (C=O) groups excluding carboxylic acids is 2. The maximum atomic E-state index is 12.8. The Balaban J connectivity index is 0.000000537. The summed E-state index contributed by atoms with van der Waals surface area (Å²) < 4.78 is 5.87. The van der Waals surface area contributed by atoms with Crippen LogP contribution in [0.1, 0.15) is 108 Å². The van der Waals surface area contributed by atoms with E-state index >= 15 is 0 Å². The van der Waals surface area contributed by atoms with Gasteiger partial charge in [0, 0.05) is 12.8 Å². The minimum atomic E-state index is -1.29. The van der Waals surface area contributed by atoms with Crippen LogP contribution in [-0.2, 0) is 27.2 Å². The van der Waals surface area contributed by atoms with Gasteiger partial charge in [0.05, 0.1) is 6.04 Å². The molecule has 0 bridgehead atoms. The largest absolute Gasteiger partial charge is 0.478 e. The average Bonchev–Trinajstić information content (AvgIpc) is 3.05. The summed E-state index contributed by atoms with van der Waals surface area (Å²) in [7, 11) is 0. The van der Waals surface area contributed by atoms with Gasteiger partial charge in [0.1, 0.15) is 5.75 Å². The number of rotatable bonds is 19. The molecule has 0 heterocycles. The van der Waals surface area contributed by atoms with Gasteiger partial charge >= 0.3 is 5.97 Å². The smallest absolute Gasteiger partial charge is 0.347 e. The number of benzene rings is 3. The van der Waals surface area contributed by atoms with Crippen molar-refractivity contribution >= 4 is 28.7 Å². The Hall–Kier alpha value is -3.64. The molecule has 244 valence electrons. The summed E-state index contributed by atoms with van der Waals surface area (Å²) in [6.07, 6.45) is 10.6. The van der Waals surface area contributed by atoms with Gasteiger partial charge in [0.15, 0.2) is 0 Å². The van der Waals surface area contributed by atoms with E-state index in [1.165, 1.54) is 25.7 Å². The monoisotopic (exact) mass is 635 g/mol. The lowest BCUT2D eigenvalue weighted by atomic mass is 9.98. The zero-order valence-corrected chi connectivity index (χ0v) is 27.9. The summed E-state index contributed by atoms with van der Waals surface area (Å²) in [5.74, 6) is -0.455. The fourth-order valence-electron chi connectivity index (χ4n) is 4.83. The number of hydrogen-bond donors (Lipinski definition) is 2. The SMILES string of the molecule is CCCCCCCCC(NC(=O)CCc1ccccc1)c1cccc(OC(C)(CC)C(=O)O)c1.O=C(Cl)CCc1ccccc1. The van der Waals surface area contributed by atoms with Crippen molar-refractivity contribution in [2.24, 2.45) is 0 Å². The molecule has 0 aliphatic heterocycles. The van der Waals surface area contributed by atoms with Crippen molar-refractivity contribution in [3.05, 3.63) is 102 Å². The number of aliphatic carboxylic acids is 1. The van der Waals surface area contributed by atoms with Gasteiger partial charge in [-0.3, -0.25) is 9.59 Å². The van der Waals surface area contributed by atoms with Crippen LogP contribution in [0.3, 0.4) is 0 Å². The Labute approximate surface area is 274 Å². The van der Waals surface area contributed by atoms with Crippen LogP contribution in [0.4, 0.5) is 0 Å². The summed E-state index contributed by atoms with van der Waals surface area (Å²) in [5, 5.41) is 12.5. The molecule has 2 unspecified atom stereocenters. The number of ether oxygens (including phenoxy) is 1. The molecule has 3 aromatic carbocycles. The predicted molar refractivity (Wildman–Crippen MR) is 183 cm³/mol. The first-order chi connectivity index (χ1) is 21.7. The molecule has 2 N–H and O–H groups in total. The first kappa shape index (κ1) is 37.5. The molecule has 3 aromatic rings. The Morgan fingerprint density at radius 3 is 1.93 bits per heavy atom. The molecular formula is C38H50ClNO5. The van der Waals surface area contributed by atoms with E-state index in [-0.39, 0.29) is 17.2 Å². The Morgan fingerprint density at radius 1 is 0.800 bits per heavy atom. The van der Waals surface area contributed by atoms with Crippen LogP contribution < -0.4 is 10.1 Å². The Kier molecular flexibility index (Phi) is 17.7. The van der Waals surface area contributed by atoms with Crippen LogP contribution in [0, 0.1) is 0 Å². The number of hydrogen-bond acceptors (Lipinski definition) is 4. The first-order valence-corrected chi connectivity index (χ1v) is 16.6. The van der Waals surface area contributed by atoms with Crippen LogP contribution in [0.2, 0.25) is 0 Å². The molecule has 0 aromatic heterocycles. The van der Waals surface area contributed by atoms with E-state index < -0.39 is 11.6 Å². The minimum absolute atomic E-state index is 0.0232. The standard InChI is InChI=1S/C29H41NO4.C9H9ClO/c1-4-6-7-8-9-13-19-26(30-27(31)21-20-23-15-11-10-12-16-23)24-17-14-18-25(22-24)34-29(3,5-2)28(32)33;10-9(11)7-6-8-4-2-1-3-5-8/h10-12,14-18,22,26H,4-9,13,19-21H2,1-3H3,(H,30,31)(H,32,33);1-5H,6-7H2. The van der Waals surface area contributed by atoms with Crippen molar-refractivity contribution in [3.8, 4) is 5.75 Å². The molecule has 6 nitrogen and oxygen atoms in total. The third-order valence-electron chi connectivity index (χ3n) is 7.85. The van der Waals surface area contributed by atoms with Crippen LogP contribution in [0.15, 0.2) is 84.9 Å². The van der Waals surface area contributed by atoms with E-state index in [9.17, 15) is 19.5 Å². The van der Waals surface area contributed by atoms with Gasteiger partial charge in [-0.2, -0.15) is 0 Å². The predicted octanol–water partition coefficient (Wildman–Crippen LogP) is 9.24. The summed E-state index contributed by atoms with van der Waals surface area (Å²) in [4.78, 5) is 34.9. The topological polar surface area (TPSA) is 92.7 Å². The van der Waals surface area contributed by atoms with Crippen molar-refractivity contribution in [2.75, 3.05) is 0 Å². The number of aryl methyl sites for hydroxylation is 2. The summed E-state index contributed by atoms with van der Waals surface area (Å²) in [5.41, 5.74) is 1.96. The normalized spacial score (nSPS) is 12.6. The van der Waals surface area contributed by atoms with Crippen LogP contribution in [-0.4, -0.2) is 27.8 Å². The second-order valence-electron chi connectivity index (χ2n) is 11.6. The van der Waals surface area contributed by atoms with Crippen molar-refractivity contribution in [1.82, 2.24) is 5.32 Å². The maximum absolute atomic E-state index is 12.8. The minimum Gasteiger partial charge on any atom is -0.478 e. The van der Waals surface area contributed by atoms with Gasteiger partial charge in [-0.05, 0) is 73.0 Å². The molecule has 0 saturated carbocycles. The molecule has 0 saturated heterocycles. The number of carboxylic acid groups (broad SMARTS) is 1. The first-order valence-electron chi connectivity index (χ1n) is 16.2. The quantitative estimate of drug-likeness (QED) is 0.101. The highest BCUT2D eigenvalue weighted by molar-refractivity contribution is 6.63. The molecule has 45 heavy (non-hydrogen) atoms. The van der Waals surface area contributed by atoms with Crippen LogP contribution in [0.5, 0.6) is 5.75 Å². The zero-order chi connectivity index (χ0) is 32.9. The van der Waals surface area contributed by atoms with Crippen LogP contribution >= 0.6 is 11.6 Å². The number of unbranched alkanes of at least 4 members (excludes halogenated alkanes) is 5. The molecule has 0 aliphatic carbocycles. The van der Waals surface area contributed by atoms with Crippen molar-refractivity contribution in [2.45, 2.75) is 109 Å². The molecule has 7 heteroatoms. The van der Waals surface area contributed by atoms with Gasteiger partial charge in [0.2, 0.25) is 16.8 Å². The van der Waals surface area contributed by atoms with Crippen molar-refractivity contribution in [3.63, 3.8) is 0 Å². The fraction of sp³-hybridized carbons (Fsp3) is 0.447. The Bertz CT molecular complexity index is 1280. The lowest BCUT2D eigenvalue weighted by molar-refractivity contribution is -0.154. The third kappa shape index (κ3) is 15.3. The molecule has 2 atom stereocenters. The number of carbonyl (C=O) groups is 3. The Morgan fingerprint density at radius 2 is 1.38 bits per heavy atom. The highest BCUT2D eigenvalue weighted by Crippen LogP contribution is 2.28. The second-order valence-corrected chi connectivity index (χ2v) is 12.0. The highest BCUT2D eigenvalue weighted by Gasteiger charge is 2.33. The average molecular weight is 636 g/mol. The molecule has 0 spiro atoms. The van der Waals surface area contributed by atoms with E-state index in [0.29, 0.717) is 31.4 Å². The number of halogens is 1. The van der Waals surface area contributed by atoms with Crippen molar-refractivity contribution < 1.29 is 24.2 Å². The van der Waals surface area contributed by atoms with Crippen molar-refractivity contribution in [1.29, 1.82) is 0 Å². The fourth-order valence-corrected chi connectivity index (χ4v) is 4.92. The third-order valence-corrected chi connectivity index (χ3v) is 8.04. The zero-order valence-electron chi connectivity index (χ0n) is 27.1. The molecular weight excluding hydrogens is 586 g/mol. The van der Waals surface area contributed by atoms with Gasteiger partial charge in [0.25, 0.3) is 0 Å². The van der Waals surface area contributed by atoms with Crippen LogP contribution in [0.25, 0.3) is 0 Å². The number of nitrogens with one attached hydrogen (secondary N) is 1. The van der Waals surface area contributed by atoms with E-state index in [4.69, 9.17) is 16.3 Å². The van der Waals surface area contributed by atoms with Gasteiger partial charge in [-0.1, -0.05) is 125 Å². The molecule has 1 amide bonds. The highest BCUT2D eigenvalue weighted by atomic mass is 35.5. The molecule has 0 fully saturated rings. The number of carboxylic acids is 1. The van der Waals surface area contributed by atoms with E-state index in [1.54, 1.807) is 19.9 Å². The second kappa shape index (κ2) is 21.2. The lowest BCUT2D eigenvalue weighted by Crippen LogP contribution is -2.40. The number of amides is 1. The van der Waals surface area contributed by atoms with E-state index in [1.807, 2.05) is 78.9 Å². The summed E-state index contributed by atoms with van der Waals surface area (Å²) in [6.45, 7) is 5.59. The summed E-state index contributed by atoms with van der Waals surface area (Å²) >= 11 is 5.19. The van der Waals surface area contributed by atoms with E-state index in [0.717, 1.165) is 42.4 Å². The maximum Gasteiger partial charge on any atom is 0.347 e. The molecule has 0 aliphatic rings. The van der Waals surface area contributed by atoms with E-state index in [2.05, 4.69) is 12.2 Å². The lowest BCUT2D eigenvalue weighted by Gasteiger charge is -2.26. The molecule has 3 rings (SSSR count). The molecule has 0 radical (unpaired) electrons. The van der Waals surface area contributed by atoms with Gasteiger partial charge in [-0.15, -0.1) is 0 Å². The van der Waals surface area contributed by atoms with Gasteiger partial charge in [-0.25, -0.2) is 4.79 Å².